The molecule has 0 saturated carbocycles. The fourth-order valence-corrected chi connectivity index (χ4v) is 4.03. The van der Waals surface area contributed by atoms with Gasteiger partial charge in [-0.25, -0.2) is 13.1 Å². The maximum Gasteiger partial charge on any atom is 0.417 e. The molecule has 1 atom stereocenters. The van der Waals surface area contributed by atoms with E-state index in [1.807, 2.05) is 0 Å². The third kappa shape index (κ3) is 3.76. The fourth-order valence-electron chi connectivity index (χ4n) is 2.60. The summed E-state index contributed by atoms with van der Waals surface area (Å²) in [5.74, 6) is 0. The van der Waals surface area contributed by atoms with E-state index in [9.17, 15) is 21.6 Å². The fraction of sp³-hybridized carbons (Fsp3) is 0.500. The largest absolute Gasteiger partial charge is 0.417 e. The van der Waals surface area contributed by atoms with Crippen molar-refractivity contribution in [2.24, 2.45) is 0 Å². The molecule has 0 bridgehead atoms. The van der Waals surface area contributed by atoms with Gasteiger partial charge in [0.2, 0.25) is 10.0 Å². The van der Waals surface area contributed by atoms with Crippen LogP contribution < -0.4 is 9.62 Å². The molecular formula is C14H16F3N3O2S. The maximum atomic E-state index is 12.8. The van der Waals surface area contributed by atoms with E-state index in [4.69, 9.17) is 5.26 Å². The Hall–Kier alpha value is -1.79. The molecule has 1 unspecified atom stereocenters. The zero-order valence-electron chi connectivity index (χ0n) is 12.4. The smallest absolute Gasteiger partial charge is 0.370 e. The number of rotatable bonds is 4. The summed E-state index contributed by atoms with van der Waals surface area (Å²) in [6.07, 6.45) is -4.20. The lowest BCUT2D eigenvalue weighted by atomic mass is 10.1. The SMILES string of the molecule is CCNS(=O)(=O)C1CCN(c2ccc(C(F)(F)F)c(C#N)c2)C1. The Morgan fingerprint density at radius 1 is 1.43 bits per heavy atom. The van der Waals surface area contributed by atoms with E-state index in [0.717, 1.165) is 12.1 Å². The molecule has 23 heavy (non-hydrogen) atoms. The summed E-state index contributed by atoms with van der Waals surface area (Å²) in [6.45, 7) is 2.56. The van der Waals surface area contributed by atoms with Crippen molar-refractivity contribution in [1.82, 2.24) is 4.72 Å². The molecule has 1 aliphatic heterocycles. The second-order valence-corrected chi connectivity index (χ2v) is 7.28. The molecule has 1 saturated heterocycles. The van der Waals surface area contributed by atoms with Crippen LogP contribution in [0.4, 0.5) is 18.9 Å². The van der Waals surface area contributed by atoms with Gasteiger partial charge in [0.1, 0.15) is 0 Å². The number of anilines is 1. The first-order chi connectivity index (χ1) is 10.7. The summed E-state index contributed by atoms with van der Waals surface area (Å²) in [4.78, 5) is 1.68. The van der Waals surface area contributed by atoms with Crippen molar-refractivity contribution in [2.45, 2.75) is 24.8 Å². The monoisotopic (exact) mass is 347 g/mol. The van der Waals surface area contributed by atoms with Gasteiger partial charge >= 0.3 is 6.18 Å². The highest BCUT2D eigenvalue weighted by Gasteiger charge is 2.35. The third-order valence-electron chi connectivity index (χ3n) is 3.72. The highest BCUT2D eigenvalue weighted by Crippen LogP contribution is 2.34. The number of benzene rings is 1. The minimum Gasteiger partial charge on any atom is -0.370 e. The van der Waals surface area contributed by atoms with Gasteiger partial charge in [0.05, 0.1) is 22.4 Å². The zero-order chi connectivity index (χ0) is 17.3. The van der Waals surface area contributed by atoms with Gasteiger partial charge in [-0.2, -0.15) is 18.4 Å². The van der Waals surface area contributed by atoms with Gasteiger partial charge in [0.15, 0.2) is 0 Å². The minimum atomic E-state index is -4.59. The molecule has 1 aromatic rings. The van der Waals surface area contributed by atoms with Crippen molar-refractivity contribution < 1.29 is 21.6 Å². The predicted octanol–water partition coefficient (Wildman–Crippen LogP) is 2.10. The normalized spacial score (nSPS) is 18.9. The Morgan fingerprint density at radius 3 is 2.70 bits per heavy atom. The second kappa shape index (κ2) is 6.37. The van der Waals surface area contributed by atoms with Gasteiger partial charge < -0.3 is 4.90 Å². The molecule has 0 aromatic heterocycles. The minimum absolute atomic E-state index is 0.186. The summed E-state index contributed by atoms with van der Waals surface area (Å²) in [5, 5.41) is 8.31. The van der Waals surface area contributed by atoms with Gasteiger partial charge in [-0.15, -0.1) is 0 Å². The molecule has 1 fully saturated rings. The molecule has 0 amide bonds. The lowest BCUT2D eigenvalue weighted by molar-refractivity contribution is -0.137. The average molecular weight is 347 g/mol. The number of halogens is 3. The molecule has 1 aliphatic rings. The van der Waals surface area contributed by atoms with Crippen LogP contribution in [0.15, 0.2) is 18.2 Å². The predicted molar refractivity (Wildman–Crippen MR) is 79.4 cm³/mol. The van der Waals surface area contributed by atoms with E-state index in [2.05, 4.69) is 4.72 Å². The molecular weight excluding hydrogens is 331 g/mol. The van der Waals surface area contributed by atoms with Crippen molar-refractivity contribution in [1.29, 1.82) is 5.26 Å². The Kier molecular flexibility index (Phi) is 4.87. The lowest BCUT2D eigenvalue weighted by Gasteiger charge is -2.20. The van der Waals surface area contributed by atoms with Crippen LogP contribution in [0.5, 0.6) is 0 Å². The first-order valence-corrected chi connectivity index (χ1v) is 8.58. The van der Waals surface area contributed by atoms with Gasteiger partial charge in [0, 0.05) is 25.3 Å². The Labute approximate surface area is 132 Å². The van der Waals surface area contributed by atoms with Crippen molar-refractivity contribution in [3.8, 4) is 6.07 Å². The highest BCUT2D eigenvalue weighted by atomic mass is 32.2. The standard InChI is InChI=1S/C14H16F3N3O2S/c1-2-19-23(21,22)12-5-6-20(9-12)11-3-4-13(14(15,16)17)10(7-11)8-18/h3-4,7,12,19H,2,5-6,9H2,1H3. The van der Waals surface area contributed by atoms with E-state index >= 15 is 0 Å². The van der Waals surface area contributed by atoms with Crippen LogP contribution in [-0.2, 0) is 16.2 Å². The summed E-state index contributed by atoms with van der Waals surface area (Å²) in [7, 11) is -3.43. The van der Waals surface area contributed by atoms with Crippen molar-refractivity contribution in [3.63, 3.8) is 0 Å². The molecule has 1 N–H and O–H groups in total. The Bertz CT molecular complexity index is 726. The first kappa shape index (κ1) is 17.6. The highest BCUT2D eigenvalue weighted by molar-refractivity contribution is 7.90. The molecule has 1 heterocycles. The molecule has 1 aromatic carbocycles. The number of hydrogen-bond acceptors (Lipinski definition) is 4. The van der Waals surface area contributed by atoms with Crippen LogP contribution in [-0.4, -0.2) is 33.3 Å². The van der Waals surface area contributed by atoms with Gasteiger partial charge in [-0.05, 0) is 24.6 Å². The third-order valence-corrected chi connectivity index (χ3v) is 5.68. The quantitative estimate of drug-likeness (QED) is 0.905. The van der Waals surface area contributed by atoms with Crippen LogP contribution in [0, 0.1) is 11.3 Å². The summed E-state index contributed by atoms with van der Waals surface area (Å²) in [6, 6.07) is 4.84. The number of alkyl halides is 3. The number of nitrogens with one attached hydrogen (secondary N) is 1. The summed E-state index contributed by atoms with van der Waals surface area (Å²) < 4.78 is 64.8. The summed E-state index contributed by atoms with van der Waals surface area (Å²) in [5.41, 5.74) is -1.03. The molecule has 0 spiro atoms. The van der Waals surface area contributed by atoms with Gasteiger partial charge in [0.25, 0.3) is 0 Å². The van der Waals surface area contributed by atoms with Crippen LogP contribution >= 0.6 is 0 Å². The maximum absolute atomic E-state index is 12.8. The van der Waals surface area contributed by atoms with E-state index in [0.29, 0.717) is 18.7 Å². The van der Waals surface area contributed by atoms with Gasteiger partial charge in [-0.3, -0.25) is 0 Å². The van der Waals surface area contributed by atoms with E-state index < -0.39 is 32.6 Å². The molecule has 5 nitrogen and oxygen atoms in total. The lowest BCUT2D eigenvalue weighted by Crippen LogP contribution is -2.36. The molecule has 2 rings (SSSR count). The van der Waals surface area contributed by atoms with E-state index in [1.165, 1.54) is 6.07 Å². The second-order valence-electron chi connectivity index (χ2n) is 5.24. The van der Waals surface area contributed by atoms with Crippen LogP contribution in [0.25, 0.3) is 0 Å². The van der Waals surface area contributed by atoms with E-state index in [1.54, 1.807) is 17.9 Å². The topological polar surface area (TPSA) is 73.2 Å². The number of sulfonamides is 1. The van der Waals surface area contributed by atoms with Crippen molar-refractivity contribution >= 4 is 15.7 Å². The Balaban J connectivity index is 2.23. The molecule has 0 aliphatic carbocycles. The van der Waals surface area contributed by atoms with Crippen LogP contribution in [0.3, 0.4) is 0 Å². The molecule has 9 heteroatoms. The van der Waals surface area contributed by atoms with Crippen LogP contribution in [0.2, 0.25) is 0 Å². The number of nitrogens with zero attached hydrogens (tertiary/aromatic N) is 2. The summed E-state index contributed by atoms with van der Waals surface area (Å²) >= 11 is 0. The van der Waals surface area contributed by atoms with Crippen molar-refractivity contribution in [2.75, 3.05) is 24.5 Å². The van der Waals surface area contributed by atoms with Crippen LogP contribution in [0.1, 0.15) is 24.5 Å². The average Bonchev–Trinajstić information content (AvgIpc) is 2.96. The Morgan fingerprint density at radius 2 is 2.13 bits per heavy atom. The van der Waals surface area contributed by atoms with Gasteiger partial charge in [-0.1, -0.05) is 6.92 Å². The number of nitriles is 1. The molecule has 0 radical (unpaired) electrons. The molecule has 126 valence electrons. The van der Waals surface area contributed by atoms with E-state index in [-0.39, 0.29) is 13.1 Å². The first-order valence-electron chi connectivity index (χ1n) is 7.03. The van der Waals surface area contributed by atoms with Crippen molar-refractivity contribution in [3.05, 3.63) is 29.3 Å². The number of hydrogen-bond donors (Lipinski definition) is 1. The zero-order valence-corrected chi connectivity index (χ0v) is 13.2.